The van der Waals surface area contributed by atoms with E-state index >= 15 is 0 Å². The number of amides is 1. The summed E-state index contributed by atoms with van der Waals surface area (Å²) in [5.41, 5.74) is 1.45. The Morgan fingerprint density at radius 2 is 2.00 bits per heavy atom. The summed E-state index contributed by atoms with van der Waals surface area (Å²) in [5.74, 6) is -1.22. The van der Waals surface area contributed by atoms with Gasteiger partial charge in [0.15, 0.2) is 6.04 Å². The zero-order valence-electron chi connectivity index (χ0n) is 15.4. The third-order valence-electron chi connectivity index (χ3n) is 4.96. The first-order valence-corrected chi connectivity index (χ1v) is 9.26. The molecule has 150 valence electrons. The van der Waals surface area contributed by atoms with Crippen LogP contribution in [0.15, 0.2) is 36.4 Å². The SMILES string of the molecule is O=C(NC(C(=O)O)c1ccc2c(c1)CCO2)c1ccc(NC2CC2)c([N+](=O)[O-])c1. The van der Waals surface area contributed by atoms with Crippen LogP contribution in [-0.2, 0) is 11.2 Å². The van der Waals surface area contributed by atoms with Crippen molar-refractivity contribution in [1.82, 2.24) is 5.32 Å². The van der Waals surface area contributed by atoms with Crippen molar-refractivity contribution in [2.24, 2.45) is 0 Å². The maximum Gasteiger partial charge on any atom is 0.330 e. The topological polar surface area (TPSA) is 131 Å². The minimum Gasteiger partial charge on any atom is -0.493 e. The molecule has 9 heteroatoms. The molecule has 0 radical (unpaired) electrons. The summed E-state index contributed by atoms with van der Waals surface area (Å²) in [5, 5.41) is 26.5. The number of fused-ring (bicyclic) bond motifs is 1. The van der Waals surface area contributed by atoms with Crippen LogP contribution in [0.1, 0.15) is 40.4 Å². The van der Waals surface area contributed by atoms with Gasteiger partial charge in [0.2, 0.25) is 0 Å². The van der Waals surface area contributed by atoms with Gasteiger partial charge in [0.1, 0.15) is 11.4 Å². The van der Waals surface area contributed by atoms with Gasteiger partial charge in [-0.3, -0.25) is 14.9 Å². The molecule has 29 heavy (non-hydrogen) atoms. The Bertz CT molecular complexity index is 1000. The van der Waals surface area contributed by atoms with E-state index in [4.69, 9.17) is 4.74 Å². The number of carboxylic acid groups (broad SMARTS) is 1. The van der Waals surface area contributed by atoms with Crippen LogP contribution >= 0.6 is 0 Å². The van der Waals surface area contributed by atoms with E-state index in [1.807, 2.05) is 0 Å². The van der Waals surface area contributed by atoms with Crippen molar-refractivity contribution in [3.8, 4) is 5.75 Å². The smallest absolute Gasteiger partial charge is 0.330 e. The Kier molecular flexibility index (Phi) is 4.79. The van der Waals surface area contributed by atoms with E-state index in [0.29, 0.717) is 30.0 Å². The van der Waals surface area contributed by atoms with Crippen LogP contribution < -0.4 is 15.4 Å². The predicted octanol–water partition coefficient (Wildman–Crippen LogP) is 2.66. The van der Waals surface area contributed by atoms with Gasteiger partial charge in [-0.25, -0.2) is 4.79 Å². The average Bonchev–Trinajstić information content (AvgIpc) is 3.38. The summed E-state index contributed by atoms with van der Waals surface area (Å²) in [6.07, 6.45) is 2.57. The Balaban J connectivity index is 1.57. The maximum absolute atomic E-state index is 12.6. The number of nitro groups is 1. The number of carbonyl (C=O) groups excluding carboxylic acids is 1. The van der Waals surface area contributed by atoms with Gasteiger partial charge >= 0.3 is 5.97 Å². The number of carbonyl (C=O) groups is 2. The lowest BCUT2D eigenvalue weighted by Gasteiger charge is -2.16. The molecule has 2 aliphatic rings. The molecule has 0 bridgehead atoms. The highest BCUT2D eigenvalue weighted by Gasteiger charge is 2.28. The molecule has 1 fully saturated rings. The highest BCUT2D eigenvalue weighted by molar-refractivity contribution is 5.98. The molecule has 0 spiro atoms. The lowest BCUT2D eigenvalue weighted by Crippen LogP contribution is -2.33. The van der Waals surface area contributed by atoms with Crippen molar-refractivity contribution < 1.29 is 24.4 Å². The number of hydrogen-bond acceptors (Lipinski definition) is 6. The predicted molar refractivity (Wildman–Crippen MR) is 103 cm³/mol. The normalized spacial score (nSPS) is 15.7. The number of ether oxygens (including phenoxy) is 1. The molecule has 1 unspecified atom stereocenters. The minimum absolute atomic E-state index is 0.0220. The maximum atomic E-state index is 12.6. The number of benzene rings is 2. The number of hydrogen-bond donors (Lipinski definition) is 3. The van der Waals surface area contributed by atoms with E-state index in [1.165, 1.54) is 12.1 Å². The average molecular weight is 397 g/mol. The minimum atomic E-state index is -1.28. The van der Waals surface area contributed by atoms with Crippen molar-refractivity contribution in [3.63, 3.8) is 0 Å². The monoisotopic (exact) mass is 397 g/mol. The van der Waals surface area contributed by atoms with E-state index in [9.17, 15) is 24.8 Å². The van der Waals surface area contributed by atoms with E-state index in [0.717, 1.165) is 24.5 Å². The van der Waals surface area contributed by atoms with E-state index in [-0.39, 0.29) is 17.3 Å². The quantitative estimate of drug-likeness (QED) is 0.483. The first kappa shape index (κ1) is 18.7. The Hall–Kier alpha value is -3.62. The first-order chi connectivity index (χ1) is 13.9. The first-order valence-electron chi connectivity index (χ1n) is 9.26. The fraction of sp³-hybridized carbons (Fsp3) is 0.300. The fourth-order valence-corrected chi connectivity index (χ4v) is 3.28. The summed E-state index contributed by atoms with van der Waals surface area (Å²) >= 11 is 0. The van der Waals surface area contributed by atoms with Crippen LogP contribution in [0.5, 0.6) is 5.75 Å². The van der Waals surface area contributed by atoms with Crippen LogP contribution in [0.2, 0.25) is 0 Å². The molecule has 3 N–H and O–H groups in total. The molecule has 1 aliphatic heterocycles. The molecule has 1 saturated carbocycles. The lowest BCUT2D eigenvalue weighted by molar-refractivity contribution is -0.384. The van der Waals surface area contributed by atoms with Crippen molar-refractivity contribution >= 4 is 23.3 Å². The zero-order valence-corrected chi connectivity index (χ0v) is 15.4. The standard InChI is InChI=1S/C20H19N3O6/c24-19(13-1-5-15(21-14-3-4-14)16(10-13)23(27)28)22-18(20(25)26)12-2-6-17-11(9-12)7-8-29-17/h1-2,5-6,9-10,14,18,21H,3-4,7-8H2,(H,22,24)(H,25,26). The summed E-state index contributed by atoms with van der Waals surface area (Å²) in [4.78, 5) is 35.2. The molecule has 4 rings (SSSR count). The van der Waals surface area contributed by atoms with Gasteiger partial charge in [-0.2, -0.15) is 0 Å². The largest absolute Gasteiger partial charge is 0.493 e. The lowest BCUT2D eigenvalue weighted by atomic mass is 10.0. The second-order valence-electron chi connectivity index (χ2n) is 7.12. The number of nitrogens with zero attached hydrogens (tertiary/aromatic N) is 1. The van der Waals surface area contributed by atoms with E-state index < -0.39 is 22.8 Å². The third-order valence-corrected chi connectivity index (χ3v) is 4.96. The van der Waals surface area contributed by atoms with Gasteiger partial charge in [-0.1, -0.05) is 6.07 Å². The van der Waals surface area contributed by atoms with Gasteiger partial charge in [0.05, 0.1) is 11.5 Å². The van der Waals surface area contributed by atoms with Crippen LogP contribution in [0.3, 0.4) is 0 Å². The number of nitrogens with one attached hydrogen (secondary N) is 2. The fourth-order valence-electron chi connectivity index (χ4n) is 3.28. The molecule has 1 atom stereocenters. The summed E-state index contributed by atoms with van der Waals surface area (Å²) < 4.78 is 5.42. The van der Waals surface area contributed by atoms with Gasteiger partial charge in [0, 0.05) is 24.1 Å². The van der Waals surface area contributed by atoms with Crippen LogP contribution in [0.25, 0.3) is 0 Å². The Morgan fingerprint density at radius 3 is 2.69 bits per heavy atom. The van der Waals surface area contributed by atoms with Gasteiger partial charge in [0.25, 0.3) is 11.6 Å². The molecule has 9 nitrogen and oxygen atoms in total. The second-order valence-corrected chi connectivity index (χ2v) is 7.12. The van der Waals surface area contributed by atoms with Crippen molar-refractivity contribution in [2.45, 2.75) is 31.3 Å². The highest BCUT2D eigenvalue weighted by atomic mass is 16.6. The third kappa shape index (κ3) is 3.98. The number of aliphatic carboxylic acids is 1. The van der Waals surface area contributed by atoms with E-state index in [2.05, 4.69) is 10.6 Å². The molecular weight excluding hydrogens is 378 g/mol. The summed E-state index contributed by atoms with van der Waals surface area (Å²) in [6.45, 7) is 0.536. The van der Waals surface area contributed by atoms with Crippen LogP contribution in [0, 0.1) is 10.1 Å². The molecule has 0 saturated heterocycles. The molecule has 1 heterocycles. The van der Waals surface area contributed by atoms with E-state index in [1.54, 1.807) is 18.2 Å². The number of carboxylic acids is 1. The van der Waals surface area contributed by atoms with Crippen molar-refractivity contribution in [2.75, 3.05) is 11.9 Å². The van der Waals surface area contributed by atoms with Crippen molar-refractivity contribution in [1.29, 1.82) is 0 Å². The molecule has 0 aromatic heterocycles. The van der Waals surface area contributed by atoms with Gasteiger partial charge in [-0.05, 0) is 48.2 Å². The van der Waals surface area contributed by atoms with Crippen LogP contribution in [0.4, 0.5) is 11.4 Å². The molecule has 2 aromatic carbocycles. The number of anilines is 1. The second kappa shape index (κ2) is 7.42. The molecule has 1 aliphatic carbocycles. The van der Waals surface area contributed by atoms with Crippen molar-refractivity contribution in [3.05, 3.63) is 63.2 Å². The summed E-state index contributed by atoms with van der Waals surface area (Å²) in [7, 11) is 0. The van der Waals surface area contributed by atoms with Gasteiger partial charge in [-0.15, -0.1) is 0 Å². The van der Waals surface area contributed by atoms with Crippen LogP contribution in [-0.4, -0.2) is 34.6 Å². The Labute approximate surface area is 165 Å². The molecule has 1 amide bonds. The zero-order chi connectivity index (χ0) is 20.5. The van der Waals surface area contributed by atoms with Gasteiger partial charge < -0.3 is 20.5 Å². The highest BCUT2D eigenvalue weighted by Crippen LogP contribution is 2.32. The molecular formula is C20H19N3O6. The molecule has 2 aromatic rings. The number of nitro benzene ring substituents is 1. The Morgan fingerprint density at radius 1 is 1.21 bits per heavy atom. The number of rotatable bonds is 7. The summed E-state index contributed by atoms with van der Waals surface area (Å²) in [6, 6.07) is 8.00.